The van der Waals surface area contributed by atoms with E-state index in [0.29, 0.717) is 5.92 Å². The van der Waals surface area contributed by atoms with Gasteiger partial charge in [0.2, 0.25) is 0 Å². The maximum Gasteiger partial charge on any atom is 0.0937 e. The van der Waals surface area contributed by atoms with Crippen LogP contribution in [-0.4, -0.2) is 18.1 Å². The number of aromatic nitrogens is 1. The molecule has 0 aliphatic rings. The summed E-state index contributed by atoms with van der Waals surface area (Å²) in [6.07, 6.45) is 1.02. The minimum absolute atomic E-state index is 0.501. The zero-order chi connectivity index (χ0) is 14.5. The summed E-state index contributed by atoms with van der Waals surface area (Å²) in [5.41, 5.74) is 4.00. The molecule has 1 atom stereocenters. The average molecular weight is 288 g/mol. The van der Waals surface area contributed by atoms with Crippen molar-refractivity contribution in [1.29, 1.82) is 0 Å². The lowest BCUT2D eigenvalue weighted by Crippen LogP contribution is -2.23. The van der Waals surface area contributed by atoms with Gasteiger partial charge in [-0.25, -0.2) is 4.98 Å². The molecule has 20 heavy (non-hydrogen) atoms. The Hall–Kier alpha value is -1.19. The maximum absolute atomic E-state index is 4.70. The van der Waals surface area contributed by atoms with Gasteiger partial charge in [-0.15, -0.1) is 11.3 Å². The van der Waals surface area contributed by atoms with Gasteiger partial charge >= 0.3 is 0 Å². The first kappa shape index (κ1) is 15.2. The third-order valence-electron chi connectivity index (χ3n) is 3.76. The van der Waals surface area contributed by atoms with Crippen LogP contribution in [0.1, 0.15) is 39.5 Å². The number of hydrogen-bond acceptors (Lipinski definition) is 3. The van der Waals surface area contributed by atoms with Crippen LogP contribution in [0.15, 0.2) is 24.3 Å². The second-order valence-electron chi connectivity index (χ2n) is 5.31. The zero-order valence-corrected chi connectivity index (χ0v) is 13.7. The molecular formula is C17H24N2S. The topological polar surface area (TPSA) is 24.9 Å². The first-order chi connectivity index (χ1) is 9.61. The van der Waals surface area contributed by atoms with Crippen molar-refractivity contribution < 1.29 is 0 Å². The van der Waals surface area contributed by atoms with E-state index in [4.69, 9.17) is 4.98 Å². The van der Waals surface area contributed by atoms with E-state index in [1.54, 1.807) is 0 Å². The molecule has 1 heterocycles. The van der Waals surface area contributed by atoms with E-state index < -0.39 is 0 Å². The standard InChI is InChI=1S/C17H24N2S/c1-5-18-11-15(16-9-7-6-8-12(16)2)10-17-19-13(3)14(4)20-17/h6-9,15,18H,5,10-11H2,1-4H3. The summed E-state index contributed by atoms with van der Waals surface area (Å²) in [7, 11) is 0. The van der Waals surface area contributed by atoms with Gasteiger partial charge < -0.3 is 5.32 Å². The van der Waals surface area contributed by atoms with Gasteiger partial charge in [-0.1, -0.05) is 31.2 Å². The molecule has 1 N–H and O–H groups in total. The van der Waals surface area contributed by atoms with Gasteiger partial charge in [0, 0.05) is 23.8 Å². The predicted molar refractivity (Wildman–Crippen MR) is 87.8 cm³/mol. The second-order valence-corrected chi connectivity index (χ2v) is 6.60. The fourth-order valence-electron chi connectivity index (χ4n) is 2.49. The summed E-state index contributed by atoms with van der Waals surface area (Å²) >= 11 is 1.84. The van der Waals surface area contributed by atoms with Crippen molar-refractivity contribution in [3.63, 3.8) is 0 Å². The Morgan fingerprint density at radius 1 is 1.20 bits per heavy atom. The van der Waals surface area contributed by atoms with Gasteiger partial charge in [0.1, 0.15) is 0 Å². The molecule has 0 fully saturated rings. The Balaban J connectivity index is 2.21. The van der Waals surface area contributed by atoms with Crippen LogP contribution < -0.4 is 5.32 Å². The highest BCUT2D eigenvalue weighted by Gasteiger charge is 2.16. The van der Waals surface area contributed by atoms with Crippen LogP contribution in [0.25, 0.3) is 0 Å². The van der Waals surface area contributed by atoms with E-state index in [9.17, 15) is 0 Å². The summed E-state index contributed by atoms with van der Waals surface area (Å²) in [6.45, 7) is 10.6. The number of nitrogens with one attached hydrogen (secondary N) is 1. The average Bonchev–Trinajstić information content (AvgIpc) is 2.74. The van der Waals surface area contributed by atoms with Crippen LogP contribution >= 0.6 is 11.3 Å². The lowest BCUT2D eigenvalue weighted by atomic mass is 9.92. The number of rotatable bonds is 6. The van der Waals surface area contributed by atoms with Gasteiger partial charge in [0.25, 0.3) is 0 Å². The SMILES string of the molecule is CCNCC(Cc1nc(C)c(C)s1)c1ccccc1C. The molecule has 0 saturated heterocycles. The third-order valence-corrected chi connectivity index (χ3v) is 4.86. The molecule has 0 spiro atoms. The monoisotopic (exact) mass is 288 g/mol. The summed E-state index contributed by atoms with van der Waals surface area (Å²) in [6, 6.07) is 8.71. The summed E-state index contributed by atoms with van der Waals surface area (Å²) in [4.78, 5) is 6.04. The molecule has 3 heteroatoms. The highest BCUT2D eigenvalue weighted by Crippen LogP contribution is 2.26. The molecule has 1 unspecified atom stereocenters. The molecule has 2 rings (SSSR count). The largest absolute Gasteiger partial charge is 0.316 e. The molecule has 0 aliphatic heterocycles. The van der Waals surface area contributed by atoms with Crippen molar-refractivity contribution in [3.8, 4) is 0 Å². The third kappa shape index (κ3) is 3.68. The molecule has 2 aromatic rings. The molecule has 2 nitrogen and oxygen atoms in total. The van der Waals surface area contributed by atoms with E-state index in [1.165, 1.54) is 26.7 Å². The number of likely N-dealkylation sites (N-methyl/N-ethyl adjacent to an activating group) is 1. The van der Waals surface area contributed by atoms with Crippen molar-refractivity contribution in [3.05, 3.63) is 51.0 Å². The number of aryl methyl sites for hydroxylation is 3. The smallest absolute Gasteiger partial charge is 0.0937 e. The highest BCUT2D eigenvalue weighted by molar-refractivity contribution is 7.11. The van der Waals surface area contributed by atoms with Crippen molar-refractivity contribution >= 4 is 11.3 Å². The Morgan fingerprint density at radius 3 is 2.55 bits per heavy atom. The lowest BCUT2D eigenvalue weighted by molar-refractivity contribution is 0.591. The molecule has 1 aromatic heterocycles. The van der Waals surface area contributed by atoms with E-state index in [2.05, 4.69) is 57.3 Å². The van der Waals surface area contributed by atoms with E-state index in [1.807, 2.05) is 11.3 Å². The first-order valence-corrected chi connectivity index (χ1v) is 8.12. The van der Waals surface area contributed by atoms with Gasteiger partial charge in [0.05, 0.1) is 10.7 Å². The molecule has 0 aliphatic carbocycles. The summed E-state index contributed by atoms with van der Waals surface area (Å²) in [5.74, 6) is 0.501. The quantitative estimate of drug-likeness (QED) is 0.869. The lowest BCUT2D eigenvalue weighted by Gasteiger charge is -2.18. The number of thiazole rings is 1. The fourth-order valence-corrected chi connectivity index (χ4v) is 3.51. The van der Waals surface area contributed by atoms with Crippen LogP contribution in [-0.2, 0) is 6.42 Å². The van der Waals surface area contributed by atoms with E-state index >= 15 is 0 Å². The van der Waals surface area contributed by atoms with Crippen molar-refractivity contribution in [2.75, 3.05) is 13.1 Å². The molecule has 0 saturated carbocycles. The van der Waals surface area contributed by atoms with Gasteiger partial charge in [-0.2, -0.15) is 0 Å². The highest BCUT2D eigenvalue weighted by atomic mass is 32.1. The number of nitrogens with zero attached hydrogens (tertiary/aromatic N) is 1. The van der Waals surface area contributed by atoms with Crippen molar-refractivity contribution in [1.82, 2.24) is 10.3 Å². The minimum Gasteiger partial charge on any atom is -0.316 e. The van der Waals surface area contributed by atoms with Crippen LogP contribution in [0, 0.1) is 20.8 Å². The number of hydrogen-bond donors (Lipinski definition) is 1. The minimum atomic E-state index is 0.501. The zero-order valence-electron chi connectivity index (χ0n) is 12.9. The fraction of sp³-hybridized carbons (Fsp3) is 0.471. The van der Waals surface area contributed by atoms with Gasteiger partial charge in [-0.3, -0.25) is 0 Å². The van der Waals surface area contributed by atoms with Crippen LogP contribution in [0.2, 0.25) is 0 Å². The predicted octanol–water partition coefficient (Wildman–Crippen LogP) is 4.00. The molecule has 0 radical (unpaired) electrons. The first-order valence-electron chi connectivity index (χ1n) is 7.31. The van der Waals surface area contributed by atoms with Crippen LogP contribution in [0.5, 0.6) is 0 Å². The normalized spacial score (nSPS) is 12.6. The van der Waals surface area contributed by atoms with Gasteiger partial charge in [-0.05, 0) is 38.4 Å². The Bertz CT molecular complexity index is 540. The molecule has 0 amide bonds. The Morgan fingerprint density at radius 2 is 1.95 bits per heavy atom. The molecule has 108 valence electrons. The Labute approximate surface area is 126 Å². The summed E-state index contributed by atoms with van der Waals surface area (Å²) < 4.78 is 0. The molecular weight excluding hydrogens is 264 g/mol. The van der Waals surface area contributed by atoms with E-state index in [-0.39, 0.29) is 0 Å². The van der Waals surface area contributed by atoms with Crippen molar-refractivity contribution in [2.45, 2.75) is 40.0 Å². The van der Waals surface area contributed by atoms with E-state index in [0.717, 1.165) is 19.5 Å². The molecule has 1 aromatic carbocycles. The second kappa shape index (κ2) is 7.00. The van der Waals surface area contributed by atoms with Crippen LogP contribution in [0.3, 0.4) is 0 Å². The maximum atomic E-state index is 4.70. The summed E-state index contributed by atoms with van der Waals surface area (Å²) in [5, 5.41) is 4.75. The molecule has 0 bridgehead atoms. The van der Waals surface area contributed by atoms with Crippen molar-refractivity contribution in [2.24, 2.45) is 0 Å². The number of benzene rings is 1. The van der Waals surface area contributed by atoms with Crippen LogP contribution in [0.4, 0.5) is 0 Å². The van der Waals surface area contributed by atoms with Gasteiger partial charge in [0.15, 0.2) is 0 Å². The Kier molecular flexibility index (Phi) is 5.32.